The lowest BCUT2D eigenvalue weighted by Gasteiger charge is -2.14. The molecular weight excluding hydrogens is 298 g/mol. The van der Waals surface area contributed by atoms with E-state index in [1.54, 1.807) is 19.1 Å². The summed E-state index contributed by atoms with van der Waals surface area (Å²) >= 11 is 0. The maximum absolute atomic E-state index is 12.1. The highest BCUT2D eigenvalue weighted by atomic mass is 35.5. The second-order valence-corrected chi connectivity index (χ2v) is 4.92. The molecule has 1 amide bonds. The SMILES string of the molecule is Cc1cccc(C(=O)NCC2CNCC2O)c1[N+](=O)[O-].Cl. The Labute approximate surface area is 128 Å². The molecule has 0 aliphatic carbocycles. The fraction of sp³-hybridized carbons (Fsp3) is 0.462. The standard InChI is InChI=1S/C13H17N3O4.ClH/c1-8-3-2-4-10(12(8)16(19)20)13(18)15-6-9-5-14-7-11(9)17;/h2-4,9,11,14,17H,5-7H2,1H3,(H,15,18);1H. The number of aliphatic hydroxyl groups is 1. The number of nitrogens with one attached hydrogen (secondary N) is 2. The summed E-state index contributed by atoms with van der Waals surface area (Å²) in [4.78, 5) is 22.6. The monoisotopic (exact) mass is 315 g/mol. The number of aryl methyl sites for hydroxylation is 1. The molecule has 8 heteroatoms. The van der Waals surface area contributed by atoms with Gasteiger partial charge in [-0.2, -0.15) is 0 Å². The molecule has 1 aromatic carbocycles. The number of rotatable bonds is 4. The fourth-order valence-electron chi connectivity index (χ4n) is 2.33. The molecule has 1 heterocycles. The number of amides is 1. The number of nitro groups is 1. The Morgan fingerprint density at radius 3 is 2.81 bits per heavy atom. The number of nitro benzene ring substituents is 1. The minimum atomic E-state index is -0.545. The zero-order valence-electron chi connectivity index (χ0n) is 11.5. The molecule has 0 radical (unpaired) electrons. The van der Waals surface area contributed by atoms with Crippen LogP contribution < -0.4 is 10.6 Å². The van der Waals surface area contributed by atoms with E-state index in [1.165, 1.54) is 6.07 Å². The predicted octanol–water partition coefficient (Wildman–Crippen LogP) is 0.635. The van der Waals surface area contributed by atoms with Crippen LogP contribution in [0, 0.1) is 23.0 Å². The summed E-state index contributed by atoms with van der Waals surface area (Å²) in [6.45, 7) is 3.01. The average Bonchev–Trinajstić information content (AvgIpc) is 2.80. The number of nitrogens with zero attached hydrogens (tertiary/aromatic N) is 1. The lowest BCUT2D eigenvalue weighted by molar-refractivity contribution is -0.385. The molecule has 116 valence electrons. The summed E-state index contributed by atoms with van der Waals surface area (Å²) < 4.78 is 0. The molecule has 1 saturated heterocycles. The Hall–Kier alpha value is -1.70. The van der Waals surface area contributed by atoms with E-state index in [0.717, 1.165) is 0 Å². The summed E-state index contributed by atoms with van der Waals surface area (Å²) in [6, 6.07) is 4.65. The molecule has 21 heavy (non-hydrogen) atoms. The van der Waals surface area contributed by atoms with Gasteiger partial charge in [-0.15, -0.1) is 12.4 Å². The number of aliphatic hydroxyl groups excluding tert-OH is 1. The van der Waals surface area contributed by atoms with Gasteiger partial charge in [0, 0.05) is 31.1 Å². The van der Waals surface area contributed by atoms with Gasteiger partial charge in [0.1, 0.15) is 5.56 Å². The Balaban J connectivity index is 0.00000220. The third-order valence-electron chi connectivity index (χ3n) is 3.49. The number of β-amino-alcohol motifs (C(OH)–C–C–N with tert-alkyl or cyclic N) is 1. The molecule has 1 fully saturated rings. The topological polar surface area (TPSA) is 104 Å². The van der Waals surface area contributed by atoms with Gasteiger partial charge in [0.15, 0.2) is 0 Å². The highest BCUT2D eigenvalue weighted by Gasteiger charge is 2.27. The highest BCUT2D eigenvalue weighted by molar-refractivity contribution is 5.98. The van der Waals surface area contributed by atoms with Crippen LogP contribution in [-0.2, 0) is 0 Å². The molecule has 1 aromatic rings. The van der Waals surface area contributed by atoms with Gasteiger partial charge < -0.3 is 15.7 Å². The zero-order chi connectivity index (χ0) is 14.7. The number of hydrogen-bond donors (Lipinski definition) is 3. The van der Waals surface area contributed by atoms with Gasteiger partial charge in [0.25, 0.3) is 11.6 Å². The van der Waals surface area contributed by atoms with Crippen molar-refractivity contribution in [3.63, 3.8) is 0 Å². The van der Waals surface area contributed by atoms with E-state index in [2.05, 4.69) is 10.6 Å². The van der Waals surface area contributed by atoms with Crippen molar-refractivity contribution < 1.29 is 14.8 Å². The second-order valence-electron chi connectivity index (χ2n) is 4.92. The van der Waals surface area contributed by atoms with Crippen LogP contribution in [0.5, 0.6) is 0 Å². The molecule has 3 N–H and O–H groups in total. The van der Waals surface area contributed by atoms with E-state index in [9.17, 15) is 20.0 Å². The number of hydrogen-bond acceptors (Lipinski definition) is 5. The minimum absolute atomic E-state index is 0. The van der Waals surface area contributed by atoms with Gasteiger partial charge in [0.05, 0.1) is 11.0 Å². The third-order valence-corrected chi connectivity index (χ3v) is 3.49. The lowest BCUT2D eigenvalue weighted by atomic mass is 10.1. The minimum Gasteiger partial charge on any atom is -0.391 e. The van der Waals surface area contributed by atoms with Crippen molar-refractivity contribution in [3.05, 3.63) is 39.4 Å². The van der Waals surface area contributed by atoms with Crippen molar-refractivity contribution in [2.75, 3.05) is 19.6 Å². The molecule has 0 saturated carbocycles. The molecule has 2 atom stereocenters. The third kappa shape index (κ3) is 3.90. The quantitative estimate of drug-likeness (QED) is 0.558. The van der Waals surface area contributed by atoms with Crippen molar-refractivity contribution in [3.8, 4) is 0 Å². The Bertz CT molecular complexity index is 538. The number of para-hydroxylation sites is 1. The van der Waals surface area contributed by atoms with Crippen molar-refractivity contribution in [1.29, 1.82) is 0 Å². The van der Waals surface area contributed by atoms with Gasteiger partial charge in [-0.3, -0.25) is 14.9 Å². The van der Waals surface area contributed by atoms with Crippen LogP contribution in [0.1, 0.15) is 15.9 Å². The van der Waals surface area contributed by atoms with Gasteiger partial charge in [-0.1, -0.05) is 12.1 Å². The van der Waals surface area contributed by atoms with Crippen molar-refractivity contribution in [2.45, 2.75) is 13.0 Å². The molecule has 1 aliphatic heterocycles. The lowest BCUT2D eigenvalue weighted by Crippen LogP contribution is -2.34. The van der Waals surface area contributed by atoms with Crippen LogP contribution >= 0.6 is 12.4 Å². The van der Waals surface area contributed by atoms with Crippen LogP contribution in [0.3, 0.4) is 0 Å². The Morgan fingerprint density at radius 2 is 2.24 bits per heavy atom. The largest absolute Gasteiger partial charge is 0.391 e. The van der Waals surface area contributed by atoms with Gasteiger partial charge in [0.2, 0.25) is 0 Å². The molecule has 0 spiro atoms. The van der Waals surface area contributed by atoms with Crippen LogP contribution in [-0.4, -0.2) is 41.7 Å². The molecular formula is C13H18ClN3O4. The normalized spacial score (nSPS) is 20.7. The maximum atomic E-state index is 12.1. The first-order chi connectivity index (χ1) is 9.50. The van der Waals surface area contributed by atoms with Crippen LogP contribution in [0.25, 0.3) is 0 Å². The van der Waals surface area contributed by atoms with Crippen molar-refractivity contribution in [1.82, 2.24) is 10.6 Å². The second kappa shape index (κ2) is 7.35. The summed E-state index contributed by atoms with van der Waals surface area (Å²) in [6.07, 6.45) is -0.497. The van der Waals surface area contributed by atoms with Gasteiger partial charge >= 0.3 is 0 Å². The smallest absolute Gasteiger partial charge is 0.285 e. The van der Waals surface area contributed by atoms with Crippen LogP contribution in [0.15, 0.2) is 18.2 Å². The van der Waals surface area contributed by atoms with Crippen molar-refractivity contribution >= 4 is 24.0 Å². The number of benzene rings is 1. The Morgan fingerprint density at radius 1 is 1.52 bits per heavy atom. The molecule has 2 rings (SSSR count). The van der Waals surface area contributed by atoms with Crippen LogP contribution in [0.2, 0.25) is 0 Å². The van der Waals surface area contributed by atoms with Crippen LogP contribution in [0.4, 0.5) is 5.69 Å². The number of halogens is 1. The number of carbonyl (C=O) groups is 1. The first-order valence-corrected chi connectivity index (χ1v) is 6.41. The van der Waals surface area contributed by atoms with E-state index >= 15 is 0 Å². The Kier molecular flexibility index (Phi) is 6.07. The van der Waals surface area contributed by atoms with E-state index in [1.807, 2.05) is 0 Å². The zero-order valence-corrected chi connectivity index (χ0v) is 12.4. The van der Waals surface area contributed by atoms with E-state index in [0.29, 0.717) is 18.7 Å². The predicted molar refractivity (Wildman–Crippen MR) is 79.8 cm³/mol. The summed E-state index contributed by atoms with van der Waals surface area (Å²) in [5.41, 5.74) is 0.329. The summed E-state index contributed by atoms with van der Waals surface area (Å²) in [7, 11) is 0. The maximum Gasteiger partial charge on any atom is 0.285 e. The first-order valence-electron chi connectivity index (χ1n) is 6.41. The van der Waals surface area contributed by atoms with Gasteiger partial charge in [-0.25, -0.2) is 0 Å². The highest BCUT2D eigenvalue weighted by Crippen LogP contribution is 2.23. The fourth-order valence-corrected chi connectivity index (χ4v) is 2.33. The molecule has 0 bridgehead atoms. The molecule has 1 aliphatic rings. The van der Waals surface area contributed by atoms with Crippen molar-refractivity contribution in [2.24, 2.45) is 5.92 Å². The summed E-state index contributed by atoms with van der Waals surface area (Å²) in [5, 5.41) is 26.3. The van der Waals surface area contributed by atoms with E-state index in [4.69, 9.17) is 0 Å². The van der Waals surface area contributed by atoms with E-state index < -0.39 is 16.9 Å². The first kappa shape index (κ1) is 17.4. The summed E-state index contributed by atoms with van der Waals surface area (Å²) in [5.74, 6) is -0.553. The molecule has 7 nitrogen and oxygen atoms in total. The van der Waals surface area contributed by atoms with Gasteiger partial charge in [-0.05, 0) is 13.0 Å². The molecule has 2 unspecified atom stereocenters. The number of carbonyl (C=O) groups excluding carboxylic acids is 1. The van der Waals surface area contributed by atoms with E-state index in [-0.39, 0.29) is 36.1 Å². The average molecular weight is 316 g/mol. The molecule has 0 aromatic heterocycles.